The molecule has 1 unspecified atom stereocenters. The molecule has 1 atom stereocenters. The van der Waals surface area contributed by atoms with Gasteiger partial charge < -0.3 is 9.84 Å². The molecule has 2 aromatic carbocycles. The summed E-state index contributed by atoms with van der Waals surface area (Å²) in [6, 6.07) is 9.47. The molecule has 146 valence electrons. The van der Waals surface area contributed by atoms with Gasteiger partial charge in [0.05, 0.1) is 24.3 Å². The number of aliphatic hydroxyl groups is 1. The molecule has 0 aliphatic carbocycles. The quantitative estimate of drug-likeness (QED) is 0.848. The Kier molecular flexibility index (Phi) is 4.89. The van der Waals surface area contributed by atoms with Gasteiger partial charge in [0, 0.05) is 5.69 Å². The number of methoxy groups -OCH3 is 1. The molecule has 1 N–H and O–H groups in total. The minimum absolute atomic E-state index is 0.0801. The number of nitrogens with zero attached hydrogens (tertiary/aromatic N) is 1. The van der Waals surface area contributed by atoms with Gasteiger partial charge in [-0.3, -0.25) is 14.5 Å². The van der Waals surface area contributed by atoms with Crippen LogP contribution < -0.4 is 9.64 Å². The second-order valence-corrected chi connectivity index (χ2v) is 6.22. The standard InChI is InChI=1S/C20H16F3NO4/c1-11(25)16-17(12-6-8-15(28-2)9-7-12)24(19(27)18(16)26)14-5-3-4-13(10-14)20(21,22)23/h3-10,17,26H,1-2H3. The number of anilines is 1. The molecule has 0 bridgehead atoms. The average Bonchev–Trinajstić information content (AvgIpc) is 2.92. The van der Waals surface area contributed by atoms with Gasteiger partial charge in [0.25, 0.3) is 5.91 Å². The third kappa shape index (κ3) is 3.33. The van der Waals surface area contributed by atoms with Crippen molar-refractivity contribution in [3.05, 3.63) is 71.0 Å². The van der Waals surface area contributed by atoms with Gasteiger partial charge in [-0.2, -0.15) is 13.2 Å². The highest BCUT2D eigenvalue weighted by molar-refractivity contribution is 6.16. The molecular formula is C20H16F3NO4. The van der Waals surface area contributed by atoms with Gasteiger partial charge in [-0.05, 0) is 42.8 Å². The zero-order valence-electron chi connectivity index (χ0n) is 14.9. The number of Topliss-reactive ketones (excluding diaryl/α,β-unsaturated/α-hetero) is 1. The van der Waals surface area contributed by atoms with E-state index in [1.165, 1.54) is 26.2 Å². The fourth-order valence-corrected chi connectivity index (χ4v) is 3.16. The first kappa shape index (κ1) is 19.5. The van der Waals surface area contributed by atoms with Crippen molar-refractivity contribution < 1.29 is 32.6 Å². The van der Waals surface area contributed by atoms with Crippen LogP contribution in [0.3, 0.4) is 0 Å². The first-order valence-corrected chi connectivity index (χ1v) is 8.24. The molecule has 0 radical (unpaired) electrons. The van der Waals surface area contributed by atoms with Crippen LogP contribution in [-0.4, -0.2) is 23.9 Å². The average molecular weight is 391 g/mol. The van der Waals surface area contributed by atoms with Crippen molar-refractivity contribution in [3.8, 4) is 5.75 Å². The Hall–Kier alpha value is -3.29. The van der Waals surface area contributed by atoms with Crippen LogP contribution in [0.15, 0.2) is 59.9 Å². The van der Waals surface area contributed by atoms with Gasteiger partial charge in [-0.15, -0.1) is 0 Å². The molecule has 1 amide bonds. The maximum Gasteiger partial charge on any atom is 0.416 e. The van der Waals surface area contributed by atoms with Crippen LogP contribution >= 0.6 is 0 Å². The number of carbonyl (C=O) groups excluding carboxylic acids is 2. The van der Waals surface area contributed by atoms with Crippen LogP contribution in [-0.2, 0) is 15.8 Å². The van der Waals surface area contributed by atoms with Crippen LogP contribution in [0.2, 0.25) is 0 Å². The molecule has 3 rings (SSSR count). The summed E-state index contributed by atoms with van der Waals surface area (Å²) >= 11 is 0. The summed E-state index contributed by atoms with van der Waals surface area (Å²) in [5.74, 6) is -1.74. The van der Waals surface area contributed by atoms with Crippen LogP contribution in [0, 0.1) is 0 Å². The molecule has 0 saturated carbocycles. The number of rotatable bonds is 4. The summed E-state index contributed by atoms with van der Waals surface area (Å²) < 4.78 is 44.4. The Bertz CT molecular complexity index is 964. The monoisotopic (exact) mass is 391 g/mol. The summed E-state index contributed by atoms with van der Waals surface area (Å²) in [5, 5.41) is 10.2. The van der Waals surface area contributed by atoms with Gasteiger partial charge in [0.2, 0.25) is 0 Å². The Balaban J connectivity index is 2.16. The number of aliphatic hydroxyl groups excluding tert-OH is 1. The number of alkyl halides is 3. The minimum atomic E-state index is -4.60. The van der Waals surface area contributed by atoms with Crippen molar-refractivity contribution in [1.82, 2.24) is 0 Å². The van der Waals surface area contributed by atoms with E-state index in [1.54, 1.807) is 24.3 Å². The van der Waals surface area contributed by atoms with E-state index >= 15 is 0 Å². The Morgan fingerprint density at radius 3 is 2.32 bits per heavy atom. The van der Waals surface area contributed by atoms with Gasteiger partial charge in [0.1, 0.15) is 5.75 Å². The number of carbonyl (C=O) groups is 2. The van der Waals surface area contributed by atoms with Gasteiger partial charge >= 0.3 is 6.18 Å². The van der Waals surface area contributed by atoms with E-state index in [-0.39, 0.29) is 11.3 Å². The lowest BCUT2D eigenvalue weighted by Crippen LogP contribution is -2.31. The molecule has 0 saturated heterocycles. The Morgan fingerprint density at radius 2 is 1.79 bits per heavy atom. The molecule has 28 heavy (non-hydrogen) atoms. The number of ketones is 1. The van der Waals surface area contributed by atoms with E-state index in [0.717, 1.165) is 17.0 Å². The highest BCUT2D eigenvalue weighted by Gasteiger charge is 2.44. The van der Waals surface area contributed by atoms with Crippen molar-refractivity contribution in [2.24, 2.45) is 0 Å². The largest absolute Gasteiger partial charge is 0.503 e. The lowest BCUT2D eigenvalue weighted by Gasteiger charge is -2.27. The maximum atomic E-state index is 13.1. The lowest BCUT2D eigenvalue weighted by atomic mass is 9.96. The number of hydrogen-bond acceptors (Lipinski definition) is 4. The topological polar surface area (TPSA) is 66.8 Å². The predicted octanol–water partition coefficient (Wildman–Crippen LogP) is 4.20. The van der Waals surface area contributed by atoms with E-state index in [4.69, 9.17) is 4.74 Å². The second kappa shape index (κ2) is 7.03. The zero-order chi connectivity index (χ0) is 20.6. The maximum absolute atomic E-state index is 13.1. The third-order valence-electron chi connectivity index (χ3n) is 4.47. The first-order valence-electron chi connectivity index (χ1n) is 8.24. The third-order valence-corrected chi connectivity index (χ3v) is 4.47. The summed E-state index contributed by atoms with van der Waals surface area (Å²) in [4.78, 5) is 25.7. The number of benzene rings is 2. The molecule has 0 fully saturated rings. The molecule has 0 spiro atoms. The zero-order valence-corrected chi connectivity index (χ0v) is 14.9. The number of halogens is 3. The molecule has 1 aliphatic heterocycles. The van der Waals surface area contributed by atoms with E-state index < -0.39 is 35.2 Å². The van der Waals surface area contributed by atoms with Crippen molar-refractivity contribution in [2.75, 3.05) is 12.0 Å². The van der Waals surface area contributed by atoms with Crippen LogP contribution in [0.25, 0.3) is 0 Å². The molecule has 5 nitrogen and oxygen atoms in total. The van der Waals surface area contributed by atoms with Crippen molar-refractivity contribution in [1.29, 1.82) is 0 Å². The molecule has 8 heteroatoms. The second-order valence-electron chi connectivity index (χ2n) is 6.22. The highest BCUT2D eigenvalue weighted by Crippen LogP contribution is 2.42. The summed E-state index contributed by atoms with van der Waals surface area (Å²) in [5.41, 5.74) is -0.751. The van der Waals surface area contributed by atoms with Gasteiger partial charge in [0.15, 0.2) is 11.5 Å². The van der Waals surface area contributed by atoms with Crippen LogP contribution in [0.1, 0.15) is 24.1 Å². The molecule has 2 aromatic rings. The Labute approximate surface area is 158 Å². The van der Waals surface area contributed by atoms with E-state index in [1.807, 2.05) is 0 Å². The predicted molar refractivity (Wildman–Crippen MR) is 95.0 cm³/mol. The smallest absolute Gasteiger partial charge is 0.416 e. The molecular weight excluding hydrogens is 375 g/mol. The van der Waals surface area contributed by atoms with Crippen LogP contribution in [0.4, 0.5) is 18.9 Å². The van der Waals surface area contributed by atoms with Crippen molar-refractivity contribution >= 4 is 17.4 Å². The fraction of sp³-hybridized carbons (Fsp3) is 0.200. The Morgan fingerprint density at radius 1 is 1.14 bits per heavy atom. The van der Waals surface area contributed by atoms with Gasteiger partial charge in [-0.25, -0.2) is 0 Å². The van der Waals surface area contributed by atoms with Crippen LogP contribution in [0.5, 0.6) is 5.75 Å². The number of amides is 1. The van der Waals surface area contributed by atoms with Crippen molar-refractivity contribution in [3.63, 3.8) is 0 Å². The molecule has 1 aliphatic rings. The summed E-state index contributed by atoms with van der Waals surface area (Å²) in [6.45, 7) is 1.19. The SMILES string of the molecule is COc1ccc(C2C(C(C)=O)=C(O)C(=O)N2c2cccc(C(F)(F)F)c2)cc1. The normalized spacial score (nSPS) is 17.2. The van der Waals surface area contributed by atoms with Crippen molar-refractivity contribution in [2.45, 2.75) is 19.1 Å². The highest BCUT2D eigenvalue weighted by atomic mass is 19.4. The summed E-state index contributed by atoms with van der Waals surface area (Å²) in [7, 11) is 1.47. The van der Waals surface area contributed by atoms with E-state index in [0.29, 0.717) is 11.3 Å². The first-order chi connectivity index (χ1) is 13.1. The number of ether oxygens (including phenoxy) is 1. The summed E-state index contributed by atoms with van der Waals surface area (Å²) in [6.07, 6.45) is -4.60. The molecule has 0 aromatic heterocycles. The lowest BCUT2D eigenvalue weighted by molar-refractivity contribution is -0.137. The minimum Gasteiger partial charge on any atom is -0.503 e. The fourth-order valence-electron chi connectivity index (χ4n) is 3.16. The number of hydrogen-bond donors (Lipinski definition) is 1. The van der Waals surface area contributed by atoms with E-state index in [9.17, 15) is 27.9 Å². The molecule has 1 heterocycles. The van der Waals surface area contributed by atoms with E-state index in [2.05, 4.69) is 0 Å². The van der Waals surface area contributed by atoms with Gasteiger partial charge in [-0.1, -0.05) is 18.2 Å².